The van der Waals surface area contributed by atoms with Gasteiger partial charge in [-0.05, 0) is 25.1 Å². The van der Waals surface area contributed by atoms with Crippen LogP contribution in [0.4, 0.5) is 8.78 Å². The Bertz CT molecular complexity index is 1120. The van der Waals surface area contributed by atoms with E-state index in [1.807, 2.05) is 29.5 Å². The largest absolute Gasteiger partial charge is 0.296 e. The number of halogens is 2. The van der Waals surface area contributed by atoms with Crippen LogP contribution in [0.1, 0.15) is 32.2 Å². The molecule has 0 bridgehead atoms. The molecule has 0 aliphatic rings. The Morgan fingerprint density at radius 1 is 0.917 bits per heavy atom. The maximum Gasteiger partial charge on any atom is 0.161 e. The molecule has 3 heterocycles. The summed E-state index contributed by atoms with van der Waals surface area (Å²) >= 11 is 0. The first kappa shape index (κ1) is 15.0. The molecule has 3 nitrogen and oxygen atoms in total. The number of benzene rings is 1. The van der Waals surface area contributed by atoms with Crippen LogP contribution in [0.15, 0.2) is 30.3 Å². The topological polar surface area (TPSA) is 30.2 Å². The molecule has 4 aromatic rings. The molecule has 4 rings (SSSR count). The Kier molecular flexibility index (Phi) is 2.95. The molecule has 0 N–H and O–H groups in total. The van der Waals surface area contributed by atoms with Gasteiger partial charge in [-0.3, -0.25) is 9.38 Å². The minimum absolute atomic E-state index is 0.0549. The van der Waals surface area contributed by atoms with Crippen LogP contribution in [0.3, 0.4) is 0 Å². The summed E-state index contributed by atoms with van der Waals surface area (Å²) in [6.45, 7) is 8.26. The maximum atomic E-state index is 13.7. The molecule has 0 atom stereocenters. The van der Waals surface area contributed by atoms with Crippen molar-refractivity contribution in [3.8, 4) is 0 Å². The quantitative estimate of drug-likeness (QED) is 0.459. The third kappa shape index (κ3) is 2.08. The van der Waals surface area contributed by atoms with Crippen molar-refractivity contribution in [2.45, 2.75) is 33.1 Å². The van der Waals surface area contributed by atoms with Crippen molar-refractivity contribution in [2.24, 2.45) is 0 Å². The van der Waals surface area contributed by atoms with Gasteiger partial charge < -0.3 is 0 Å². The number of imidazole rings is 1. The molecule has 0 spiro atoms. The Balaban J connectivity index is 2.15. The van der Waals surface area contributed by atoms with Gasteiger partial charge in [-0.1, -0.05) is 20.8 Å². The predicted octanol–water partition coefficient (Wildman–Crippen LogP) is 4.92. The molecule has 0 amide bonds. The first-order valence-electron chi connectivity index (χ1n) is 7.84. The Morgan fingerprint density at radius 2 is 1.62 bits per heavy atom. The molecule has 0 aliphatic carbocycles. The van der Waals surface area contributed by atoms with Gasteiger partial charge >= 0.3 is 0 Å². The van der Waals surface area contributed by atoms with Gasteiger partial charge in [0.15, 0.2) is 11.6 Å². The number of aryl methyl sites for hydroxylation is 1. The highest BCUT2D eigenvalue weighted by Gasteiger charge is 2.18. The molecule has 1 aromatic carbocycles. The lowest BCUT2D eigenvalue weighted by molar-refractivity contribution is 0.510. The maximum absolute atomic E-state index is 13.7. The van der Waals surface area contributed by atoms with Crippen molar-refractivity contribution in [1.82, 2.24) is 14.4 Å². The summed E-state index contributed by atoms with van der Waals surface area (Å²) in [5.41, 5.74) is 4.31. The lowest BCUT2D eigenvalue weighted by Crippen LogP contribution is -2.13. The van der Waals surface area contributed by atoms with Gasteiger partial charge in [0.1, 0.15) is 5.65 Å². The summed E-state index contributed by atoms with van der Waals surface area (Å²) in [7, 11) is 0. The van der Waals surface area contributed by atoms with Gasteiger partial charge in [-0.25, -0.2) is 13.8 Å². The molecular weight excluding hydrogens is 308 g/mol. The van der Waals surface area contributed by atoms with E-state index in [-0.39, 0.29) is 5.41 Å². The van der Waals surface area contributed by atoms with Gasteiger partial charge in [0.25, 0.3) is 0 Å². The SMILES string of the molecule is Cc1cc2nc(C(C)(C)C)ccc2c2nc3cc(F)c(F)cc3n12. The zero-order valence-corrected chi connectivity index (χ0v) is 14.0. The Hall–Kier alpha value is -2.56. The van der Waals surface area contributed by atoms with Crippen molar-refractivity contribution in [3.63, 3.8) is 0 Å². The van der Waals surface area contributed by atoms with Gasteiger partial charge in [0.05, 0.1) is 16.6 Å². The Morgan fingerprint density at radius 3 is 2.33 bits per heavy atom. The fourth-order valence-corrected chi connectivity index (χ4v) is 3.06. The van der Waals surface area contributed by atoms with E-state index in [4.69, 9.17) is 4.98 Å². The molecule has 122 valence electrons. The van der Waals surface area contributed by atoms with E-state index in [0.717, 1.165) is 28.4 Å². The van der Waals surface area contributed by atoms with Gasteiger partial charge in [0.2, 0.25) is 0 Å². The second-order valence-corrected chi connectivity index (χ2v) is 7.19. The molecule has 0 saturated heterocycles. The van der Waals surface area contributed by atoms with Crippen LogP contribution < -0.4 is 0 Å². The average molecular weight is 325 g/mol. The van der Waals surface area contributed by atoms with E-state index in [2.05, 4.69) is 25.8 Å². The normalized spacial score (nSPS) is 12.6. The monoisotopic (exact) mass is 325 g/mol. The highest BCUT2D eigenvalue weighted by molar-refractivity contribution is 5.97. The van der Waals surface area contributed by atoms with Crippen LogP contribution in [0, 0.1) is 18.6 Å². The van der Waals surface area contributed by atoms with Crippen LogP contribution in [0.2, 0.25) is 0 Å². The van der Waals surface area contributed by atoms with E-state index in [9.17, 15) is 8.78 Å². The standard InChI is InChI=1S/C19H17F2N3/c1-10-7-14-11(5-6-17(22-14)19(2,3)4)18-23-15-8-12(20)13(21)9-16(15)24(10)18/h5-9H,1-4H3. The molecular formula is C19H17F2N3. The number of aromatic nitrogens is 3. The van der Waals surface area contributed by atoms with Crippen LogP contribution in [0.5, 0.6) is 0 Å². The minimum Gasteiger partial charge on any atom is -0.296 e. The van der Waals surface area contributed by atoms with Crippen molar-refractivity contribution in [2.75, 3.05) is 0 Å². The fourth-order valence-electron chi connectivity index (χ4n) is 3.06. The average Bonchev–Trinajstić information content (AvgIpc) is 2.85. The van der Waals surface area contributed by atoms with Crippen molar-refractivity contribution in [3.05, 3.63) is 53.4 Å². The lowest BCUT2D eigenvalue weighted by Gasteiger charge is -2.18. The van der Waals surface area contributed by atoms with Crippen LogP contribution in [-0.4, -0.2) is 14.4 Å². The number of rotatable bonds is 0. The second kappa shape index (κ2) is 4.72. The summed E-state index contributed by atoms with van der Waals surface area (Å²) in [4.78, 5) is 9.28. The van der Waals surface area contributed by atoms with Crippen molar-refractivity contribution in [1.29, 1.82) is 0 Å². The number of nitrogens with zero attached hydrogens (tertiary/aromatic N) is 3. The van der Waals surface area contributed by atoms with Crippen LogP contribution in [0.25, 0.3) is 27.6 Å². The second-order valence-electron chi connectivity index (χ2n) is 7.19. The van der Waals surface area contributed by atoms with E-state index in [0.29, 0.717) is 16.7 Å². The molecule has 3 aromatic heterocycles. The van der Waals surface area contributed by atoms with E-state index in [1.54, 1.807) is 0 Å². The highest BCUT2D eigenvalue weighted by Crippen LogP contribution is 2.29. The smallest absolute Gasteiger partial charge is 0.161 e. The Labute approximate surface area is 138 Å². The van der Waals surface area contributed by atoms with Crippen LogP contribution >= 0.6 is 0 Å². The predicted molar refractivity (Wildman–Crippen MR) is 91.4 cm³/mol. The zero-order valence-electron chi connectivity index (χ0n) is 14.0. The summed E-state index contributed by atoms with van der Waals surface area (Å²) in [5, 5.41) is 0.866. The van der Waals surface area contributed by atoms with Crippen LogP contribution in [-0.2, 0) is 5.41 Å². The molecule has 0 unspecified atom stereocenters. The molecule has 0 radical (unpaired) electrons. The van der Waals surface area contributed by atoms with Gasteiger partial charge in [0, 0.05) is 34.3 Å². The summed E-state index contributed by atoms with van der Waals surface area (Å²) < 4.78 is 29.0. The van der Waals surface area contributed by atoms with E-state index >= 15 is 0 Å². The molecule has 0 fully saturated rings. The summed E-state index contributed by atoms with van der Waals surface area (Å²) in [6, 6.07) is 8.26. The van der Waals surface area contributed by atoms with E-state index < -0.39 is 11.6 Å². The summed E-state index contributed by atoms with van der Waals surface area (Å²) in [5.74, 6) is -1.76. The first-order valence-corrected chi connectivity index (χ1v) is 7.84. The van der Waals surface area contributed by atoms with Gasteiger partial charge in [-0.2, -0.15) is 0 Å². The molecule has 5 heteroatoms. The fraction of sp³-hybridized carbons (Fsp3) is 0.263. The molecule has 0 aliphatic heterocycles. The van der Waals surface area contributed by atoms with Gasteiger partial charge in [-0.15, -0.1) is 0 Å². The third-order valence-corrected chi connectivity index (χ3v) is 4.33. The summed E-state index contributed by atoms with van der Waals surface area (Å²) in [6.07, 6.45) is 0. The third-order valence-electron chi connectivity index (χ3n) is 4.33. The number of hydrogen-bond donors (Lipinski definition) is 0. The lowest BCUT2D eigenvalue weighted by atomic mass is 9.91. The van der Waals surface area contributed by atoms with Crippen molar-refractivity contribution >= 4 is 27.6 Å². The first-order chi connectivity index (χ1) is 11.3. The minimum atomic E-state index is -0.888. The number of hydrogen-bond acceptors (Lipinski definition) is 2. The molecule has 24 heavy (non-hydrogen) atoms. The zero-order chi connectivity index (χ0) is 17.2. The van der Waals surface area contributed by atoms with Crippen molar-refractivity contribution < 1.29 is 8.78 Å². The number of fused-ring (bicyclic) bond motifs is 5. The highest BCUT2D eigenvalue weighted by atomic mass is 19.2. The van der Waals surface area contributed by atoms with E-state index in [1.165, 1.54) is 6.07 Å². The number of pyridine rings is 2. The molecule has 0 saturated carbocycles.